The summed E-state index contributed by atoms with van der Waals surface area (Å²) >= 11 is 0. The number of hydrogen-bond donors (Lipinski definition) is 0. The Labute approximate surface area is 201 Å². The lowest BCUT2D eigenvalue weighted by Gasteiger charge is -2.34. The molecule has 0 aliphatic carbocycles. The highest BCUT2D eigenvalue weighted by molar-refractivity contribution is 5.49. The van der Waals surface area contributed by atoms with Crippen molar-refractivity contribution in [3.63, 3.8) is 0 Å². The van der Waals surface area contributed by atoms with E-state index >= 15 is 0 Å². The van der Waals surface area contributed by atoms with Gasteiger partial charge in [-0.25, -0.2) is 18.7 Å². The number of aromatic nitrogens is 2. The molecule has 0 amide bonds. The smallest absolute Gasteiger partial charge is 0.284 e. The van der Waals surface area contributed by atoms with Crippen molar-refractivity contribution in [2.45, 2.75) is 58.5 Å². The van der Waals surface area contributed by atoms with Gasteiger partial charge in [-0.3, -0.25) is 0 Å². The van der Waals surface area contributed by atoms with Crippen molar-refractivity contribution >= 4 is 5.69 Å². The van der Waals surface area contributed by atoms with Gasteiger partial charge in [0.05, 0.1) is 6.20 Å². The third-order valence-electron chi connectivity index (χ3n) is 6.46. The Hall–Kier alpha value is -3.02. The van der Waals surface area contributed by atoms with E-state index in [-0.39, 0.29) is 23.5 Å². The van der Waals surface area contributed by atoms with Crippen molar-refractivity contribution in [3.8, 4) is 5.75 Å². The van der Waals surface area contributed by atoms with Crippen LogP contribution in [-0.4, -0.2) is 23.1 Å². The fourth-order valence-electron chi connectivity index (χ4n) is 4.35. The van der Waals surface area contributed by atoms with Crippen LogP contribution in [-0.2, 0) is 18.4 Å². The van der Waals surface area contributed by atoms with Gasteiger partial charge in [0.1, 0.15) is 12.4 Å². The largest absolute Gasteiger partial charge is 0.485 e. The fourth-order valence-corrected chi connectivity index (χ4v) is 4.35. The maximum absolute atomic E-state index is 13.7. The van der Waals surface area contributed by atoms with E-state index in [0.717, 1.165) is 31.5 Å². The Morgan fingerprint density at radius 1 is 1.00 bits per heavy atom. The lowest BCUT2D eigenvalue weighted by Crippen LogP contribution is -2.34. The third-order valence-corrected chi connectivity index (χ3v) is 6.46. The average molecular weight is 466 g/mol. The van der Waals surface area contributed by atoms with Crippen molar-refractivity contribution in [2.24, 2.45) is 5.92 Å². The van der Waals surface area contributed by atoms with Gasteiger partial charge in [0.25, 0.3) is 6.43 Å². The number of alkyl halides is 2. The molecule has 1 saturated heterocycles. The molecule has 0 atom stereocenters. The van der Waals surface area contributed by atoms with Crippen LogP contribution in [0.25, 0.3) is 0 Å². The summed E-state index contributed by atoms with van der Waals surface area (Å²) in [6.07, 6.45) is 1.28. The summed E-state index contributed by atoms with van der Waals surface area (Å²) in [4.78, 5) is 10.9. The second-order valence-corrected chi connectivity index (χ2v) is 10.0. The number of anilines is 1. The fraction of sp³-hybridized carbons (Fsp3) is 0.429. The van der Waals surface area contributed by atoms with Gasteiger partial charge in [-0.05, 0) is 47.4 Å². The van der Waals surface area contributed by atoms with Crippen molar-refractivity contribution in [3.05, 3.63) is 83.4 Å². The number of hydrogen-bond acceptors (Lipinski definition) is 4. The average Bonchev–Trinajstić information content (AvgIpc) is 2.84. The molecule has 0 radical (unpaired) electrons. The van der Waals surface area contributed by atoms with Crippen LogP contribution in [0.4, 0.5) is 14.5 Å². The lowest BCUT2D eigenvalue weighted by molar-refractivity contribution is 0.137. The molecular formula is C28H33F2N3O. The highest BCUT2D eigenvalue weighted by atomic mass is 19.3. The topological polar surface area (TPSA) is 38.2 Å². The summed E-state index contributed by atoms with van der Waals surface area (Å²) in [6, 6.07) is 18.3. The van der Waals surface area contributed by atoms with Gasteiger partial charge in [0.15, 0.2) is 11.4 Å². The van der Waals surface area contributed by atoms with Crippen LogP contribution in [0.5, 0.6) is 5.75 Å². The Morgan fingerprint density at radius 2 is 1.68 bits per heavy atom. The first-order valence-electron chi connectivity index (χ1n) is 12.0. The zero-order valence-corrected chi connectivity index (χ0v) is 20.2. The van der Waals surface area contributed by atoms with Gasteiger partial charge in [-0.15, -0.1) is 0 Å². The normalized spacial score (nSPS) is 15.1. The molecule has 0 bridgehead atoms. The SMILES string of the molecule is CC(C)(C)c1ccc(N2CCC(Cc3ncc(OCc4ccccc4)c(C(F)F)n3)CC2)cc1. The molecule has 0 spiro atoms. The maximum atomic E-state index is 13.7. The molecule has 2 aromatic carbocycles. The number of piperidine rings is 1. The van der Waals surface area contributed by atoms with Crippen LogP contribution in [0.1, 0.15) is 62.7 Å². The Balaban J connectivity index is 1.34. The van der Waals surface area contributed by atoms with Crippen LogP contribution in [0, 0.1) is 5.92 Å². The first-order chi connectivity index (χ1) is 16.3. The Bertz CT molecular complexity index is 1060. The van der Waals surface area contributed by atoms with E-state index in [9.17, 15) is 8.78 Å². The number of ether oxygens (including phenoxy) is 1. The molecule has 6 heteroatoms. The molecule has 34 heavy (non-hydrogen) atoms. The summed E-state index contributed by atoms with van der Waals surface area (Å²) in [7, 11) is 0. The second-order valence-electron chi connectivity index (χ2n) is 10.0. The molecule has 1 aliphatic heterocycles. The summed E-state index contributed by atoms with van der Waals surface area (Å²) in [6.45, 7) is 8.75. The highest BCUT2D eigenvalue weighted by Crippen LogP contribution is 2.30. The Kier molecular flexibility index (Phi) is 7.44. The van der Waals surface area contributed by atoms with Crippen LogP contribution in [0.3, 0.4) is 0 Å². The summed E-state index contributed by atoms with van der Waals surface area (Å²) in [5.41, 5.74) is 3.30. The van der Waals surface area contributed by atoms with E-state index in [1.807, 2.05) is 30.3 Å². The van der Waals surface area contributed by atoms with Gasteiger partial charge >= 0.3 is 0 Å². The first kappa shape index (κ1) is 24.1. The molecule has 0 saturated carbocycles. The number of halogens is 2. The molecule has 1 aromatic heterocycles. The molecule has 0 unspecified atom stereocenters. The second kappa shape index (κ2) is 10.5. The highest BCUT2D eigenvalue weighted by Gasteiger charge is 2.23. The zero-order chi connectivity index (χ0) is 24.1. The van der Waals surface area contributed by atoms with Crippen molar-refractivity contribution in [2.75, 3.05) is 18.0 Å². The van der Waals surface area contributed by atoms with Crippen LogP contribution in [0.2, 0.25) is 0 Å². The van der Waals surface area contributed by atoms with E-state index in [0.29, 0.717) is 18.2 Å². The summed E-state index contributed by atoms with van der Waals surface area (Å²) < 4.78 is 33.0. The van der Waals surface area contributed by atoms with E-state index in [1.165, 1.54) is 17.4 Å². The van der Waals surface area contributed by atoms with Crippen LogP contribution in [0.15, 0.2) is 60.8 Å². The molecule has 1 aliphatic rings. The zero-order valence-electron chi connectivity index (χ0n) is 20.2. The van der Waals surface area contributed by atoms with Gasteiger partial charge in [0, 0.05) is 25.2 Å². The van der Waals surface area contributed by atoms with Gasteiger partial charge in [-0.2, -0.15) is 0 Å². The Morgan fingerprint density at radius 3 is 2.29 bits per heavy atom. The van der Waals surface area contributed by atoms with E-state index in [2.05, 4.69) is 59.9 Å². The minimum atomic E-state index is -2.70. The molecule has 0 N–H and O–H groups in total. The molecular weight excluding hydrogens is 432 g/mol. The molecule has 3 aromatic rings. The van der Waals surface area contributed by atoms with Crippen molar-refractivity contribution in [1.29, 1.82) is 0 Å². The van der Waals surface area contributed by atoms with Gasteiger partial charge in [-0.1, -0.05) is 63.2 Å². The number of nitrogens with zero attached hydrogens (tertiary/aromatic N) is 3. The van der Waals surface area contributed by atoms with Gasteiger partial charge < -0.3 is 9.64 Å². The summed E-state index contributed by atoms with van der Waals surface area (Å²) in [5, 5.41) is 0. The number of benzene rings is 2. The minimum absolute atomic E-state index is 0.0520. The predicted molar refractivity (Wildman–Crippen MR) is 132 cm³/mol. The van der Waals surface area contributed by atoms with Crippen molar-refractivity contribution in [1.82, 2.24) is 9.97 Å². The standard InChI is InChI=1S/C28H33F2N3O/c1-28(2,3)22-9-11-23(12-10-22)33-15-13-20(14-16-33)17-25-31-18-24(26(32-25)27(29)30)34-19-21-7-5-4-6-8-21/h4-12,18,20,27H,13-17,19H2,1-3H3. The lowest BCUT2D eigenvalue weighted by atomic mass is 9.87. The van der Waals surface area contributed by atoms with Crippen LogP contribution < -0.4 is 9.64 Å². The summed E-state index contributed by atoms with van der Waals surface area (Å²) in [5.74, 6) is 0.901. The molecule has 2 heterocycles. The molecule has 1 fully saturated rings. The van der Waals surface area contributed by atoms with Crippen molar-refractivity contribution < 1.29 is 13.5 Å². The minimum Gasteiger partial charge on any atom is -0.485 e. The molecule has 4 rings (SSSR count). The first-order valence-corrected chi connectivity index (χ1v) is 12.0. The number of rotatable bonds is 7. The monoisotopic (exact) mass is 465 g/mol. The van der Waals surface area contributed by atoms with E-state index in [1.54, 1.807) is 0 Å². The van der Waals surface area contributed by atoms with Gasteiger partial charge in [0.2, 0.25) is 0 Å². The quantitative estimate of drug-likeness (QED) is 0.387. The molecule has 4 nitrogen and oxygen atoms in total. The molecule has 180 valence electrons. The van der Waals surface area contributed by atoms with Crippen LogP contribution >= 0.6 is 0 Å². The maximum Gasteiger partial charge on any atom is 0.284 e. The van der Waals surface area contributed by atoms with E-state index < -0.39 is 6.43 Å². The van der Waals surface area contributed by atoms with E-state index in [4.69, 9.17) is 4.74 Å². The predicted octanol–water partition coefficient (Wildman–Crippen LogP) is 6.75. The third kappa shape index (κ3) is 6.10.